The van der Waals surface area contributed by atoms with Crippen molar-refractivity contribution in [2.45, 2.75) is 20.3 Å². The molecule has 0 aliphatic rings. The van der Waals surface area contributed by atoms with Crippen LogP contribution >= 0.6 is 11.6 Å². The molecule has 0 aliphatic heterocycles. The highest BCUT2D eigenvalue weighted by atomic mass is 35.5. The summed E-state index contributed by atoms with van der Waals surface area (Å²) in [4.78, 5) is 18.3. The molecule has 0 saturated carbocycles. The first-order chi connectivity index (χ1) is 11.6. The third-order valence-corrected chi connectivity index (χ3v) is 3.36. The predicted octanol–water partition coefficient (Wildman–Crippen LogP) is 2.84. The van der Waals surface area contributed by atoms with Gasteiger partial charge in [-0.05, 0) is 31.0 Å². The van der Waals surface area contributed by atoms with Crippen LogP contribution in [-0.4, -0.2) is 29.9 Å². The molecule has 8 heteroatoms. The Hall–Kier alpha value is -2.54. The van der Waals surface area contributed by atoms with Crippen LogP contribution in [0.1, 0.15) is 25.1 Å². The Balaban J connectivity index is 2.20. The van der Waals surface area contributed by atoms with E-state index in [9.17, 15) is 4.79 Å². The fourth-order valence-corrected chi connectivity index (χ4v) is 2.33. The molecular weight excluding hydrogens is 332 g/mol. The largest absolute Gasteiger partial charge is 0.491 e. The van der Waals surface area contributed by atoms with E-state index in [0.29, 0.717) is 40.8 Å². The number of nitrogens with zero attached hydrogens (tertiary/aromatic N) is 2. The number of anilines is 1. The van der Waals surface area contributed by atoms with Gasteiger partial charge in [0.1, 0.15) is 0 Å². The minimum Gasteiger partial charge on any atom is -0.491 e. The summed E-state index contributed by atoms with van der Waals surface area (Å²) in [5, 5.41) is 4.48. The molecule has 0 unspecified atom stereocenters. The Kier molecular flexibility index (Phi) is 6.20. The molecule has 0 fully saturated rings. The van der Waals surface area contributed by atoms with Crippen molar-refractivity contribution in [1.82, 2.24) is 9.97 Å². The highest BCUT2D eigenvalue weighted by Gasteiger charge is 2.10. The Labute approximate surface area is 144 Å². The van der Waals surface area contributed by atoms with E-state index in [0.717, 1.165) is 0 Å². The van der Waals surface area contributed by atoms with E-state index >= 15 is 0 Å². The first-order valence-corrected chi connectivity index (χ1v) is 7.84. The lowest BCUT2D eigenvalue weighted by Gasteiger charge is -2.11. The molecular formula is C16H19ClN4O3. The molecule has 0 atom stereocenters. The number of H-pyrrole nitrogens is 1. The summed E-state index contributed by atoms with van der Waals surface area (Å²) in [6.45, 7) is 4.28. The first-order valence-electron chi connectivity index (χ1n) is 7.47. The van der Waals surface area contributed by atoms with Crippen LogP contribution in [0, 0.1) is 0 Å². The third kappa shape index (κ3) is 4.48. The molecule has 2 aromatic rings. The molecule has 1 aromatic heterocycles. The quantitative estimate of drug-likeness (QED) is 0.592. The maximum atomic E-state index is 11.5. The van der Waals surface area contributed by atoms with Crippen LogP contribution in [0.2, 0.25) is 5.02 Å². The Morgan fingerprint density at radius 2 is 2.17 bits per heavy atom. The van der Waals surface area contributed by atoms with Gasteiger partial charge in [-0.3, -0.25) is 9.78 Å². The highest BCUT2D eigenvalue weighted by Crippen LogP contribution is 2.35. The molecule has 0 saturated heterocycles. The summed E-state index contributed by atoms with van der Waals surface area (Å²) in [5.74, 6) is 1.29. The zero-order valence-corrected chi connectivity index (χ0v) is 14.5. The van der Waals surface area contributed by atoms with Crippen molar-refractivity contribution in [2.75, 3.05) is 19.1 Å². The lowest BCUT2D eigenvalue weighted by Crippen LogP contribution is -2.11. The van der Waals surface area contributed by atoms with Crippen LogP contribution in [0.25, 0.3) is 0 Å². The number of aromatic nitrogens is 2. The number of hydrazone groups is 1. The Morgan fingerprint density at radius 1 is 1.38 bits per heavy atom. The van der Waals surface area contributed by atoms with Gasteiger partial charge in [0.15, 0.2) is 11.5 Å². The zero-order chi connectivity index (χ0) is 17.5. The minimum atomic E-state index is -0.231. The normalized spacial score (nSPS) is 10.8. The summed E-state index contributed by atoms with van der Waals surface area (Å²) in [5.41, 5.74) is 3.86. The number of hydrogen-bond donors (Lipinski definition) is 2. The lowest BCUT2D eigenvalue weighted by molar-refractivity contribution is 0.311. The van der Waals surface area contributed by atoms with Gasteiger partial charge in [-0.1, -0.05) is 18.5 Å². The predicted molar refractivity (Wildman–Crippen MR) is 94.6 cm³/mol. The van der Waals surface area contributed by atoms with Crippen molar-refractivity contribution in [3.63, 3.8) is 0 Å². The zero-order valence-electron chi connectivity index (χ0n) is 13.7. The van der Waals surface area contributed by atoms with Gasteiger partial charge >= 0.3 is 0 Å². The van der Waals surface area contributed by atoms with Gasteiger partial charge in [-0.15, -0.1) is 0 Å². The van der Waals surface area contributed by atoms with Crippen LogP contribution in [0.5, 0.6) is 11.5 Å². The average Bonchev–Trinajstić information content (AvgIpc) is 2.54. The smallest absolute Gasteiger partial charge is 0.252 e. The molecule has 0 amide bonds. The van der Waals surface area contributed by atoms with E-state index in [1.54, 1.807) is 18.3 Å². The van der Waals surface area contributed by atoms with Gasteiger partial charge in [0.25, 0.3) is 5.56 Å². The standard InChI is InChI=1S/C16H19ClN4O3/c1-4-11-8-14(22)20-16(19-11)21-18-9-10-6-12(17)15(23-3)13(7-10)24-5-2/h6-9H,4-5H2,1-3H3,(H2,19,20,21,22)/b18-9-. The number of benzene rings is 1. The number of hydrogen-bond acceptors (Lipinski definition) is 6. The molecule has 7 nitrogen and oxygen atoms in total. The molecule has 0 aliphatic carbocycles. The van der Waals surface area contributed by atoms with Gasteiger partial charge in [-0.25, -0.2) is 10.4 Å². The van der Waals surface area contributed by atoms with Crippen molar-refractivity contribution in [2.24, 2.45) is 5.10 Å². The summed E-state index contributed by atoms with van der Waals surface area (Å²) in [7, 11) is 1.53. The SMILES string of the molecule is CCOc1cc(/C=N\Nc2nc(CC)cc(=O)[nH]2)cc(Cl)c1OC. The van der Waals surface area contributed by atoms with E-state index in [1.807, 2.05) is 13.8 Å². The first kappa shape index (κ1) is 17.8. The molecule has 0 bridgehead atoms. The third-order valence-electron chi connectivity index (χ3n) is 3.08. The van der Waals surface area contributed by atoms with Crippen LogP contribution < -0.4 is 20.5 Å². The topological polar surface area (TPSA) is 88.6 Å². The number of aryl methyl sites for hydroxylation is 1. The second kappa shape index (κ2) is 8.35. The number of methoxy groups -OCH3 is 1. The van der Waals surface area contributed by atoms with E-state index in [1.165, 1.54) is 13.2 Å². The van der Waals surface area contributed by atoms with Crippen LogP contribution in [-0.2, 0) is 6.42 Å². The van der Waals surface area contributed by atoms with Crippen molar-refractivity contribution in [3.05, 3.63) is 44.8 Å². The number of nitrogens with one attached hydrogen (secondary N) is 2. The molecule has 24 heavy (non-hydrogen) atoms. The maximum Gasteiger partial charge on any atom is 0.252 e. The fraction of sp³-hybridized carbons (Fsp3) is 0.312. The Morgan fingerprint density at radius 3 is 2.83 bits per heavy atom. The van der Waals surface area contributed by atoms with Crippen molar-refractivity contribution < 1.29 is 9.47 Å². The number of halogens is 1. The van der Waals surface area contributed by atoms with E-state index in [-0.39, 0.29) is 11.5 Å². The van der Waals surface area contributed by atoms with E-state index < -0.39 is 0 Å². The second-order valence-corrected chi connectivity index (χ2v) is 5.18. The van der Waals surface area contributed by atoms with Crippen LogP contribution in [0.15, 0.2) is 28.1 Å². The number of aromatic amines is 1. The monoisotopic (exact) mass is 350 g/mol. The maximum absolute atomic E-state index is 11.5. The van der Waals surface area contributed by atoms with Crippen molar-refractivity contribution >= 4 is 23.8 Å². The molecule has 0 spiro atoms. The summed E-state index contributed by atoms with van der Waals surface area (Å²) in [6, 6.07) is 4.91. The number of rotatable bonds is 7. The Bertz CT molecular complexity index is 789. The van der Waals surface area contributed by atoms with E-state index in [4.69, 9.17) is 21.1 Å². The minimum absolute atomic E-state index is 0.231. The number of ether oxygens (including phenoxy) is 2. The molecule has 2 N–H and O–H groups in total. The summed E-state index contributed by atoms with van der Waals surface area (Å²) in [6.07, 6.45) is 2.21. The van der Waals surface area contributed by atoms with Gasteiger partial charge in [0.2, 0.25) is 5.95 Å². The fourth-order valence-electron chi connectivity index (χ4n) is 2.03. The molecule has 2 rings (SSSR count). The molecule has 128 valence electrons. The molecule has 1 heterocycles. The highest BCUT2D eigenvalue weighted by molar-refractivity contribution is 6.32. The molecule has 0 radical (unpaired) electrons. The van der Waals surface area contributed by atoms with Gasteiger partial charge in [-0.2, -0.15) is 5.10 Å². The van der Waals surface area contributed by atoms with Gasteiger partial charge < -0.3 is 9.47 Å². The van der Waals surface area contributed by atoms with Crippen LogP contribution in [0.4, 0.5) is 5.95 Å². The van der Waals surface area contributed by atoms with Crippen LogP contribution in [0.3, 0.4) is 0 Å². The second-order valence-electron chi connectivity index (χ2n) is 4.78. The van der Waals surface area contributed by atoms with Crippen molar-refractivity contribution in [3.8, 4) is 11.5 Å². The van der Waals surface area contributed by atoms with Gasteiger partial charge in [0.05, 0.1) is 25.0 Å². The molecule has 1 aromatic carbocycles. The average molecular weight is 351 g/mol. The summed E-state index contributed by atoms with van der Waals surface area (Å²) < 4.78 is 10.7. The lowest BCUT2D eigenvalue weighted by atomic mass is 10.2. The van der Waals surface area contributed by atoms with Gasteiger partial charge in [0, 0.05) is 11.8 Å². The van der Waals surface area contributed by atoms with Crippen molar-refractivity contribution in [1.29, 1.82) is 0 Å². The van der Waals surface area contributed by atoms with E-state index in [2.05, 4.69) is 20.5 Å². The summed E-state index contributed by atoms with van der Waals surface area (Å²) >= 11 is 6.18.